The first-order valence-corrected chi connectivity index (χ1v) is 12.8. The Morgan fingerprint density at radius 3 is 1.80 bits per heavy atom. The molecule has 0 spiro atoms. The van der Waals surface area contributed by atoms with Gasteiger partial charge >= 0.3 is 7.82 Å². The van der Waals surface area contributed by atoms with E-state index in [1.165, 1.54) is 6.07 Å². The van der Waals surface area contributed by atoms with Crippen LogP contribution in [0.4, 0.5) is 11.4 Å². The van der Waals surface area contributed by atoms with Crippen molar-refractivity contribution in [3.63, 3.8) is 0 Å². The standard InChI is InChI=1S/C16H13N2O4P.2C4H11NO/c19-23(20,21)22-16-11-10-15(13-8-4-5-9-14(13)16)18-17-12-6-2-1-3-7-12;2*1-2-5-3-4-6/h1-11H,(H2,19,20,21);2*5-6H,2-4H2,1H3. The number of hydrogen-bond acceptors (Lipinski definition) is 8. The number of phosphoric ester groups is 1. The zero-order chi connectivity index (χ0) is 25.9. The maximum Gasteiger partial charge on any atom is 0.524 e. The second kappa shape index (κ2) is 17.7. The third-order valence-electron chi connectivity index (χ3n) is 4.18. The number of hydrogen-bond donors (Lipinski definition) is 6. The monoisotopic (exact) mass is 506 g/mol. The van der Waals surface area contributed by atoms with Crippen molar-refractivity contribution in [2.24, 2.45) is 10.2 Å². The zero-order valence-electron chi connectivity index (χ0n) is 20.0. The van der Waals surface area contributed by atoms with Gasteiger partial charge in [-0.2, -0.15) is 5.11 Å². The molecule has 11 heteroatoms. The van der Waals surface area contributed by atoms with Crippen LogP contribution in [-0.4, -0.2) is 59.4 Å². The lowest BCUT2D eigenvalue weighted by atomic mass is 10.1. The van der Waals surface area contributed by atoms with Gasteiger partial charge in [-0.1, -0.05) is 56.3 Å². The fourth-order valence-corrected chi connectivity index (χ4v) is 3.08. The minimum absolute atomic E-state index is 0.104. The van der Waals surface area contributed by atoms with Crippen molar-refractivity contribution in [1.82, 2.24) is 10.6 Å². The van der Waals surface area contributed by atoms with Gasteiger partial charge in [-0.3, -0.25) is 9.79 Å². The van der Waals surface area contributed by atoms with Crippen LogP contribution in [0.5, 0.6) is 5.75 Å². The Labute approximate surface area is 205 Å². The summed E-state index contributed by atoms with van der Waals surface area (Å²) < 4.78 is 15.8. The lowest BCUT2D eigenvalue weighted by Gasteiger charge is -2.10. The van der Waals surface area contributed by atoms with Gasteiger partial charge in [0.25, 0.3) is 0 Å². The van der Waals surface area contributed by atoms with Gasteiger partial charge < -0.3 is 25.4 Å². The highest BCUT2D eigenvalue weighted by Gasteiger charge is 2.18. The molecule has 0 aliphatic carbocycles. The first-order chi connectivity index (χ1) is 16.9. The van der Waals surface area contributed by atoms with E-state index in [0.29, 0.717) is 22.1 Å². The quantitative estimate of drug-likeness (QED) is 0.137. The van der Waals surface area contributed by atoms with E-state index in [9.17, 15) is 4.57 Å². The van der Waals surface area contributed by atoms with Crippen LogP contribution in [0.1, 0.15) is 13.8 Å². The minimum Gasteiger partial charge on any atom is -0.404 e. The summed E-state index contributed by atoms with van der Waals surface area (Å²) >= 11 is 0. The predicted molar refractivity (Wildman–Crippen MR) is 138 cm³/mol. The van der Waals surface area contributed by atoms with Gasteiger partial charge in [0.15, 0.2) is 0 Å². The lowest BCUT2D eigenvalue weighted by Crippen LogP contribution is -2.16. The van der Waals surface area contributed by atoms with Crippen molar-refractivity contribution in [1.29, 1.82) is 0 Å². The van der Waals surface area contributed by atoms with E-state index in [4.69, 9.17) is 24.5 Å². The Kier molecular flexibility index (Phi) is 15.3. The lowest BCUT2D eigenvalue weighted by molar-refractivity contribution is 0.284. The van der Waals surface area contributed by atoms with E-state index in [0.717, 1.165) is 26.2 Å². The number of likely N-dealkylation sites (N-methyl/N-ethyl adjacent to an activating group) is 2. The van der Waals surface area contributed by atoms with Crippen LogP contribution < -0.4 is 15.2 Å². The van der Waals surface area contributed by atoms with E-state index < -0.39 is 7.82 Å². The van der Waals surface area contributed by atoms with Crippen LogP contribution in [0.3, 0.4) is 0 Å². The first-order valence-electron chi connectivity index (χ1n) is 11.2. The maximum absolute atomic E-state index is 11.1. The molecule has 0 saturated heterocycles. The number of benzene rings is 3. The molecule has 0 aliphatic heterocycles. The van der Waals surface area contributed by atoms with Crippen LogP contribution in [0, 0.1) is 0 Å². The number of aliphatic hydroxyl groups excluding tert-OH is 2. The van der Waals surface area contributed by atoms with Crippen LogP contribution in [-0.2, 0) is 4.57 Å². The third-order valence-corrected chi connectivity index (χ3v) is 4.62. The molecule has 0 bridgehead atoms. The van der Waals surface area contributed by atoms with Gasteiger partial charge in [0.05, 0.1) is 24.6 Å². The van der Waals surface area contributed by atoms with Gasteiger partial charge in [-0.05, 0) is 37.4 Å². The third kappa shape index (κ3) is 13.1. The summed E-state index contributed by atoms with van der Waals surface area (Å²) in [5.41, 5.74) is 1.30. The van der Waals surface area contributed by atoms with E-state index in [1.807, 2.05) is 50.2 Å². The smallest absolute Gasteiger partial charge is 0.404 e. The average Bonchev–Trinajstić information content (AvgIpc) is 2.86. The van der Waals surface area contributed by atoms with Gasteiger partial charge in [-0.25, -0.2) is 4.57 Å². The van der Waals surface area contributed by atoms with Crippen LogP contribution in [0.15, 0.2) is 77.0 Å². The van der Waals surface area contributed by atoms with Crippen molar-refractivity contribution in [2.45, 2.75) is 13.8 Å². The van der Waals surface area contributed by atoms with Crippen LogP contribution in [0.2, 0.25) is 0 Å². The average molecular weight is 507 g/mol. The van der Waals surface area contributed by atoms with Crippen LogP contribution >= 0.6 is 7.82 Å². The molecule has 192 valence electrons. The molecule has 0 unspecified atom stereocenters. The van der Waals surface area contributed by atoms with E-state index in [2.05, 4.69) is 20.9 Å². The summed E-state index contributed by atoms with van der Waals surface area (Å²) in [6, 6.07) is 19.4. The Hall–Kier alpha value is -2.69. The first kappa shape index (κ1) is 30.3. The van der Waals surface area contributed by atoms with Gasteiger partial charge in [0.2, 0.25) is 0 Å². The molecule has 3 rings (SSSR count). The summed E-state index contributed by atoms with van der Waals surface area (Å²) in [6.45, 7) is 7.83. The molecule has 35 heavy (non-hydrogen) atoms. The number of fused-ring (bicyclic) bond motifs is 1. The van der Waals surface area contributed by atoms with Crippen molar-refractivity contribution >= 4 is 30.0 Å². The Morgan fingerprint density at radius 1 is 0.771 bits per heavy atom. The fourth-order valence-electron chi connectivity index (χ4n) is 2.67. The summed E-state index contributed by atoms with van der Waals surface area (Å²) in [7, 11) is -4.62. The molecular weight excluding hydrogens is 471 g/mol. The molecule has 0 atom stereocenters. The van der Waals surface area contributed by atoms with Crippen molar-refractivity contribution in [2.75, 3.05) is 39.4 Å². The molecule has 10 nitrogen and oxygen atoms in total. The fraction of sp³-hybridized carbons (Fsp3) is 0.333. The number of azo groups is 1. The molecule has 0 heterocycles. The normalized spacial score (nSPS) is 10.9. The molecule has 0 saturated carbocycles. The largest absolute Gasteiger partial charge is 0.524 e. The van der Waals surface area contributed by atoms with Gasteiger partial charge in [0, 0.05) is 23.9 Å². The number of nitrogens with one attached hydrogen (secondary N) is 2. The van der Waals surface area contributed by atoms with Crippen LogP contribution in [0.25, 0.3) is 10.8 Å². The maximum atomic E-state index is 11.1. The molecule has 0 aromatic heterocycles. The second-order valence-corrected chi connectivity index (χ2v) is 8.06. The second-order valence-electron chi connectivity index (χ2n) is 6.90. The van der Waals surface area contributed by atoms with Crippen molar-refractivity contribution in [3.05, 3.63) is 66.7 Å². The zero-order valence-corrected chi connectivity index (χ0v) is 20.9. The highest BCUT2D eigenvalue weighted by molar-refractivity contribution is 7.46. The molecular formula is C24H35N4O6P. The van der Waals surface area contributed by atoms with E-state index in [1.54, 1.807) is 24.3 Å². The Balaban J connectivity index is 0.000000425. The van der Waals surface area contributed by atoms with Gasteiger partial charge in [-0.15, -0.1) is 5.11 Å². The Morgan fingerprint density at radius 2 is 1.31 bits per heavy atom. The predicted octanol–water partition coefficient (Wildman–Crippen LogP) is 3.90. The molecule has 3 aromatic carbocycles. The SMILES string of the molecule is CCNCCO.CCNCCO.O=P(O)(O)Oc1ccc(N=Nc2ccccc2)c2ccccc12. The number of nitrogens with zero attached hydrogens (tertiary/aromatic N) is 2. The van der Waals surface area contributed by atoms with Gasteiger partial charge in [0.1, 0.15) is 5.75 Å². The summed E-state index contributed by atoms with van der Waals surface area (Å²) in [5.74, 6) is 0.104. The molecule has 0 aliphatic rings. The van der Waals surface area contributed by atoms with Crippen molar-refractivity contribution in [3.8, 4) is 5.75 Å². The molecule has 0 radical (unpaired) electrons. The summed E-state index contributed by atoms with van der Waals surface area (Å²) in [6.07, 6.45) is 0. The number of aliphatic hydroxyl groups is 2. The highest BCUT2D eigenvalue weighted by Crippen LogP contribution is 2.42. The molecule has 0 amide bonds. The number of rotatable bonds is 10. The van der Waals surface area contributed by atoms with E-state index >= 15 is 0 Å². The number of phosphoric acid groups is 1. The van der Waals surface area contributed by atoms with Crippen molar-refractivity contribution < 1.29 is 29.1 Å². The summed E-state index contributed by atoms with van der Waals surface area (Å²) in [5, 5.41) is 31.8. The molecule has 0 fully saturated rings. The summed E-state index contributed by atoms with van der Waals surface area (Å²) in [4.78, 5) is 18.0. The highest BCUT2D eigenvalue weighted by atomic mass is 31.2. The molecule has 3 aromatic rings. The van der Waals surface area contributed by atoms with E-state index in [-0.39, 0.29) is 19.0 Å². The molecule has 6 N–H and O–H groups in total. The Bertz CT molecular complexity index is 1030. The minimum atomic E-state index is -4.62. The topological polar surface area (TPSA) is 156 Å².